The second kappa shape index (κ2) is 6.60. The van der Waals surface area contributed by atoms with Crippen LogP contribution >= 0.6 is 0 Å². The molecule has 0 aromatic heterocycles. The number of phenolic OH excluding ortho intramolecular Hbond substituents is 1. The fourth-order valence-electron chi connectivity index (χ4n) is 2.62. The van der Waals surface area contributed by atoms with Gasteiger partial charge in [0.15, 0.2) is 11.5 Å². The number of hydrogen-bond acceptors (Lipinski definition) is 3. The van der Waals surface area contributed by atoms with Gasteiger partial charge in [-0.25, -0.2) is 0 Å². The first-order valence-electron chi connectivity index (χ1n) is 7.20. The maximum atomic E-state index is 10.2. The smallest absolute Gasteiger partial charge is 0.161 e. The minimum Gasteiger partial charge on any atom is -0.504 e. The molecule has 1 N–H and O–H groups in total. The van der Waals surface area contributed by atoms with Crippen molar-refractivity contribution in [3.8, 4) is 11.5 Å². The summed E-state index contributed by atoms with van der Waals surface area (Å²) in [5.41, 5.74) is 3.26. The van der Waals surface area contributed by atoms with E-state index in [-0.39, 0.29) is 0 Å². The lowest BCUT2D eigenvalue weighted by molar-refractivity contribution is 0.370. The first kappa shape index (κ1) is 13.9. The Hall–Kier alpha value is -1.51. The van der Waals surface area contributed by atoms with Crippen molar-refractivity contribution in [2.45, 2.75) is 45.4 Å². The van der Waals surface area contributed by atoms with Gasteiger partial charge in [0.05, 0.1) is 7.11 Å². The van der Waals surface area contributed by atoms with Gasteiger partial charge < -0.3 is 9.84 Å². The van der Waals surface area contributed by atoms with Gasteiger partial charge >= 0.3 is 0 Å². The molecule has 0 unspecified atom stereocenters. The van der Waals surface area contributed by atoms with Crippen molar-refractivity contribution in [1.29, 1.82) is 0 Å². The van der Waals surface area contributed by atoms with Crippen LogP contribution in [0.25, 0.3) is 0 Å². The molecule has 0 saturated carbocycles. The Morgan fingerprint density at radius 3 is 2.84 bits per heavy atom. The summed E-state index contributed by atoms with van der Waals surface area (Å²) in [6, 6.07) is 3.87. The molecule has 2 rings (SSSR count). The van der Waals surface area contributed by atoms with Crippen molar-refractivity contribution < 1.29 is 9.84 Å². The molecule has 1 aromatic rings. The number of nitrogens with zero attached hydrogens (tertiary/aromatic N) is 1. The van der Waals surface area contributed by atoms with Crippen LogP contribution in [-0.2, 0) is 6.42 Å². The van der Waals surface area contributed by atoms with Crippen LogP contribution in [0, 0.1) is 0 Å². The molecule has 3 nitrogen and oxygen atoms in total. The molecule has 1 aromatic carbocycles. The first-order valence-corrected chi connectivity index (χ1v) is 7.20. The Kier molecular flexibility index (Phi) is 4.83. The average Bonchev–Trinajstić information content (AvgIpc) is 2.44. The number of ether oxygens (including phenoxy) is 1. The van der Waals surface area contributed by atoms with Crippen molar-refractivity contribution in [3.05, 3.63) is 23.3 Å². The van der Waals surface area contributed by atoms with Crippen LogP contribution in [0.1, 0.15) is 50.2 Å². The highest BCUT2D eigenvalue weighted by Crippen LogP contribution is 2.35. The van der Waals surface area contributed by atoms with Gasteiger partial charge in [0.1, 0.15) is 0 Å². The summed E-state index contributed by atoms with van der Waals surface area (Å²) in [4.78, 5) is 4.63. The maximum absolute atomic E-state index is 10.2. The zero-order valence-electron chi connectivity index (χ0n) is 11.9. The molecule has 0 atom stereocenters. The topological polar surface area (TPSA) is 41.8 Å². The highest BCUT2D eigenvalue weighted by Gasteiger charge is 2.19. The molecule has 0 amide bonds. The third kappa shape index (κ3) is 3.09. The van der Waals surface area contributed by atoms with Crippen molar-refractivity contribution in [2.75, 3.05) is 13.7 Å². The Morgan fingerprint density at radius 2 is 2.11 bits per heavy atom. The minimum absolute atomic E-state index is 0.293. The highest BCUT2D eigenvalue weighted by atomic mass is 16.5. The number of benzene rings is 1. The fraction of sp³-hybridized carbons (Fsp3) is 0.562. The van der Waals surface area contributed by atoms with Gasteiger partial charge in [0, 0.05) is 23.4 Å². The van der Waals surface area contributed by atoms with Crippen LogP contribution in [0.4, 0.5) is 0 Å². The molecule has 0 radical (unpaired) electrons. The zero-order chi connectivity index (χ0) is 13.7. The fourth-order valence-corrected chi connectivity index (χ4v) is 2.62. The van der Waals surface area contributed by atoms with Crippen molar-refractivity contribution in [1.82, 2.24) is 0 Å². The van der Waals surface area contributed by atoms with Gasteiger partial charge in [-0.1, -0.05) is 26.2 Å². The van der Waals surface area contributed by atoms with Crippen LogP contribution in [0.15, 0.2) is 17.1 Å². The first-order chi connectivity index (χ1) is 9.27. The molecule has 3 heteroatoms. The molecule has 0 spiro atoms. The Balaban J connectivity index is 2.13. The number of fused-ring (bicyclic) bond motifs is 1. The van der Waals surface area contributed by atoms with Gasteiger partial charge in [0.2, 0.25) is 0 Å². The number of rotatable bonds is 6. The van der Waals surface area contributed by atoms with E-state index in [1.807, 2.05) is 12.1 Å². The summed E-state index contributed by atoms with van der Waals surface area (Å²) >= 11 is 0. The zero-order valence-corrected chi connectivity index (χ0v) is 11.9. The van der Waals surface area contributed by atoms with Gasteiger partial charge in [-0.3, -0.25) is 4.99 Å². The van der Waals surface area contributed by atoms with Crippen molar-refractivity contribution in [2.24, 2.45) is 4.99 Å². The summed E-state index contributed by atoms with van der Waals surface area (Å²) < 4.78 is 5.17. The SMILES string of the molecule is CCCCCCC1=NCCc2c1ccc(OC)c2O. The Morgan fingerprint density at radius 1 is 1.26 bits per heavy atom. The monoisotopic (exact) mass is 261 g/mol. The van der Waals surface area contributed by atoms with Crippen molar-refractivity contribution >= 4 is 5.71 Å². The van der Waals surface area contributed by atoms with E-state index >= 15 is 0 Å². The van der Waals surface area contributed by atoms with Crippen LogP contribution < -0.4 is 4.74 Å². The predicted molar refractivity (Wildman–Crippen MR) is 78.5 cm³/mol. The Bertz CT molecular complexity index is 466. The molecule has 1 aliphatic rings. The van der Waals surface area contributed by atoms with Gasteiger partial charge in [-0.05, 0) is 31.4 Å². The lowest BCUT2D eigenvalue weighted by atomic mass is 9.93. The largest absolute Gasteiger partial charge is 0.504 e. The van der Waals surface area contributed by atoms with Crippen LogP contribution in [0.5, 0.6) is 11.5 Å². The van der Waals surface area contributed by atoms with Gasteiger partial charge in [-0.2, -0.15) is 0 Å². The quantitative estimate of drug-likeness (QED) is 0.793. The summed E-state index contributed by atoms with van der Waals surface area (Å²) in [5, 5.41) is 10.2. The van der Waals surface area contributed by atoms with E-state index in [9.17, 15) is 5.11 Å². The van der Waals surface area contributed by atoms with E-state index in [1.165, 1.54) is 25.7 Å². The molecule has 0 fully saturated rings. The number of unbranched alkanes of at least 4 members (excludes halogenated alkanes) is 3. The third-order valence-electron chi connectivity index (χ3n) is 3.71. The molecular weight excluding hydrogens is 238 g/mol. The van der Waals surface area contributed by atoms with Gasteiger partial charge in [0.25, 0.3) is 0 Å². The summed E-state index contributed by atoms with van der Waals surface area (Å²) in [6.07, 6.45) is 6.79. The molecule has 104 valence electrons. The number of hydrogen-bond donors (Lipinski definition) is 1. The van der Waals surface area contributed by atoms with E-state index in [1.54, 1.807) is 7.11 Å². The van der Waals surface area contributed by atoms with Crippen LogP contribution in [-0.4, -0.2) is 24.5 Å². The van der Waals surface area contributed by atoms with Crippen LogP contribution in [0.3, 0.4) is 0 Å². The molecular formula is C16H23NO2. The van der Waals surface area contributed by atoms with Crippen molar-refractivity contribution in [3.63, 3.8) is 0 Å². The van der Waals surface area contributed by atoms with E-state index in [4.69, 9.17) is 4.74 Å². The normalized spacial score (nSPS) is 13.9. The number of methoxy groups -OCH3 is 1. The molecule has 1 heterocycles. The standard InChI is InChI=1S/C16H23NO2/c1-3-4-5-6-7-14-12-8-9-15(19-2)16(18)13(12)10-11-17-14/h8-9,18H,3-7,10-11H2,1-2H3. The number of aromatic hydroxyl groups is 1. The summed E-state index contributed by atoms with van der Waals surface area (Å²) in [7, 11) is 1.59. The number of phenols is 1. The van der Waals surface area contributed by atoms with E-state index < -0.39 is 0 Å². The lowest BCUT2D eigenvalue weighted by Gasteiger charge is -2.19. The maximum Gasteiger partial charge on any atom is 0.161 e. The Labute approximate surface area is 115 Å². The third-order valence-corrected chi connectivity index (χ3v) is 3.71. The van der Waals surface area contributed by atoms with E-state index in [0.717, 1.165) is 36.2 Å². The summed E-state index contributed by atoms with van der Waals surface area (Å²) in [5.74, 6) is 0.854. The molecule has 0 bridgehead atoms. The van der Waals surface area contributed by atoms with E-state index in [2.05, 4.69) is 11.9 Å². The van der Waals surface area contributed by atoms with E-state index in [0.29, 0.717) is 11.5 Å². The molecule has 0 saturated heterocycles. The van der Waals surface area contributed by atoms with Gasteiger partial charge in [-0.15, -0.1) is 0 Å². The predicted octanol–water partition coefficient (Wildman–Crippen LogP) is 3.72. The molecule has 1 aliphatic heterocycles. The molecule has 0 aliphatic carbocycles. The lowest BCUT2D eigenvalue weighted by Crippen LogP contribution is -2.13. The molecule has 19 heavy (non-hydrogen) atoms. The highest BCUT2D eigenvalue weighted by molar-refractivity contribution is 6.03. The second-order valence-corrected chi connectivity index (χ2v) is 5.03. The second-order valence-electron chi connectivity index (χ2n) is 5.03. The van der Waals surface area contributed by atoms with Crippen LogP contribution in [0.2, 0.25) is 0 Å². The summed E-state index contributed by atoms with van der Waals surface area (Å²) in [6.45, 7) is 2.99. The minimum atomic E-state index is 0.293. The number of aliphatic imine (C=N–C) groups is 1. The average molecular weight is 261 g/mol.